The number of carbonyl (C=O) groups excluding carboxylic acids is 1. The van der Waals surface area contributed by atoms with Crippen LogP contribution in [0.1, 0.15) is 31.0 Å². The first kappa shape index (κ1) is 18.2. The van der Waals surface area contributed by atoms with Crippen molar-refractivity contribution >= 4 is 17.5 Å². The molecule has 0 radical (unpaired) electrons. The van der Waals surface area contributed by atoms with Gasteiger partial charge in [0.25, 0.3) is 0 Å². The Kier molecular flexibility index (Phi) is 5.40. The number of aryl methyl sites for hydroxylation is 1. The topological polar surface area (TPSA) is 52.6 Å². The number of nitrogens with zero attached hydrogens (tertiary/aromatic N) is 5. The third-order valence-electron chi connectivity index (χ3n) is 4.89. The molecule has 0 N–H and O–H groups in total. The fourth-order valence-corrected chi connectivity index (χ4v) is 3.09. The van der Waals surface area contributed by atoms with Gasteiger partial charge in [-0.2, -0.15) is 5.10 Å². The molecule has 0 bridgehead atoms. The summed E-state index contributed by atoms with van der Waals surface area (Å²) in [5.41, 5.74) is 3.11. The van der Waals surface area contributed by atoms with Gasteiger partial charge in [-0.05, 0) is 42.7 Å². The van der Waals surface area contributed by atoms with E-state index in [2.05, 4.69) is 41.1 Å². The molecule has 0 unspecified atom stereocenters. The molecule has 3 rings (SSSR count). The minimum Gasteiger partial charge on any atom is -0.352 e. The van der Waals surface area contributed by atoms with Crippen molar-refractivity contribution in [3.63, 3.8) is 0 Å². The van der Waals surface area contributed by atoms with Crippen molar-refractivity contribution in [2.24, 2.45) is 0 Å². The van der Waals surface area contributed by atoms with E-state index in [-0.39, 0.29) is 6.03 Å². The third kappa shape index (κ3) is 3.95. The second-order valence-electron chi connectivity index (χ2n) is 7.09. The van der Waals surface area contributed by atoms with Crippen molar-refractivity contribution < 1.29 is 4.79 Å². The summed E-state index contributed by atoms with van der Waals surface area (Å²) in [6.45, 7) is 9.17. The number of hydrogen-bond acceptors (Lipinski definition) is 4. The molecule has 2 heterocycles. The van der Waals surface area contributed by atoms with Crippen LogP contribution in [0.25, 0.3) is 0 Å². The summed E-state index contributed by atoms with van der Waals surface area (Å²) in [5.74, 6) is 1.36. The van der Waals surface area contributed by atoms with Gasteiger partial charge in [0.05, 0.1) is 5.69 Å². The van der Waals surface area contributed by atoms with E-state index < -0.39 is 0 Å². The lowest BCUT2D eigenvalue weighted by Crippen LogP contribution is -2.52. The summed E-state index contributed by atoms with van der Waals surface area (Å²) in [6.07, 6.45) is 0. The van der Waals surface area contributed by atoms with Crippen molar-refractivity contribution in [1.29, 1.82) is 0 Å². The molecule has 1 aromatic heterocycles. The fourth-order valence-electron chi connectivity index (χ4n) is 3.09. The summed E-state index contributed by atoms with van der Waals surface area (Å²) in [5, 5.41) is 8.35. The summed E-state index contributed by atoms with van der Waals surface area (Å²) < 4.78 is 0. The van der Waals surface area contributed by atoms with Crippen LogP contribution in [0.2, 0.25) is 0 Å². The van der Waals surface area contributed by atoms with Crippen molar-refractivity contribution in [3.05, 3.63) is 47.7 Å². The van der Waals surface area contributed by atoms with Crippen LogP contribution < -0.4 is 9.80 Å². The molecule has 0 aliphatic carbocycles. The lowest BCUT2D eigenvalue weighted by Gasteiger charge is -2.37. The molecule has 2 amide bonds. The van der Waals surface area contributed by atoms with Gasteiger partial charge >= 0.3 is 6.03 Å². The van der Waals surface area contributed by atoms with E-state index in [4.69, 9.17) is 0 Å². The van der Waals surface area contributed by atoms with E-state index in [1.807, 2.05) is 43.1 Å². The molecule has 0 spiro atoms. The largest absolute Gasteiger partial charge is 0.352 e. The number of aromatic nitrogens is 2. The maximum atomic E-state index is 12.8. The van der Waals surface area contributed by atoms with Gasteiger partial charge in [-0.1, -0.05) is 26.0 Å². The Bertz CT molecular complexity index is 734. The zero-order valence-electron chi connectivity index (χ0n) is 16.0. The molecule has 6 heteroatoms. The average Bonchev–Trinajstić information content (AvgIpc) is 2.67. The first-order valence-electron chi connectivity index (χ1n) is 9.13. The maximum Gasteiger partial charge on any atom is 0.324 e. The normalized spacial score (nSPS) is 14.7. The standard InChI is InChI=1S/C20H27N5O/c1-15(2)17-6-8-18(9-7-17)23(4)20(26)25-13-11-24(12-14-25)19-10-5-16(3)21-22-19/h5-10,15H,11-14H2,1-4H3. The van der Waals surface area contributed by atoms with Crippen LogP contribution in [0, 0.1) is 6.92 Å². The highest BCUT2D eigenvalue weighted by Gasteiger charge is 2.25. The van der Waals surface area contributed by atoms with Gasteiger partial charge in [0.2, 0.25) is 0 Å². The van der Waals surface area contributed by atoms with Crippen LogP contribution in [0.5, 0.6) is 0 Å². The fraction of sp³-hybridized carbons (Fsp3) is 0.450. The average molecular weight is 353 g/mol. The summed E-state index contributed by atoms with van der Waals surface area (Å²) in [4.78, 5) is 18.6. The Morgan fingerprint density at radius 3 is 2.19 bits per heavy atom. The Hall–Kier alpha value is -2.63. The van der Waals surface area contributed by atoms with E-state index >= 15 is 0 Å². The number of benzene rings is 1. The molecule has 138 valence electrons. The summed E-state index contributed by atoms with van der Waals surface area (Å²) in [7, 11) is 1.84. The Balaban J connectivity index is 1.59. The SMILES string of the molecule is Cc1ccc(N2CCN(C(=O)N(C)c3ccc(C(C)C)cc3)CC2)nn1. The van der Waals surface area contributed by atoms with Gasteiger partial charge in [-0.15, -0.1) is 5.10 Å². The van der Waals surface area contributed by atoms with Crippen LogP contribution in [0.15, 0.2) is 36.4 Å². The zero-order valence-corrected chi connectivity index (χ0v) is 16.0. The number of hydrogen-bond donors (Lipinski definition) is 0. The van der Waals surface area contributed by atoms with Gasteiger partial charge in [-0.25, -0.2) is 4.79 Å². The number of piperazine rings is 1. The molecule has 0 atom stereocenters. The van der Waals surface area contributed by atoms with E-state index in [0.717, 1.165) is 30.3 Å². The van der Waals surface area contributed by atoms with Crippen molar-refractivity contribution in [1.82, 2.24) is 15.1 Å². The summed E-state index contributed by atoms with van der Waals surface area (Å²) in [6, 6.07) is 12.2. The third-order valence-corrected chi connectivity index (χ3v) is 4.89. The monoisotopic (exact) mass is 353 g/mol. The van der Waals surface area contributed by atoms with Crippen LogP contribution in [-0.2, 0) is 0 Å². The molecule has 26 heavy (non-hydrogen) atoms. The van der Waals surface area contributed by atoms with Gasteiger partial charge < -0.3 is 9.80 Å². The molecule has 1 fully saturated rings. The predicted molar refractivity (Wildman–Crippen MR) is 105 cm³/mol. The Labute approximate surface area is 155 Å². The van der Waals surface area contributed by atoms with Crippen molar-refractivity contribution in [2.75, 3.05) is 43.0 Å². The lowest BCUT2D eigenvalue weighted by molar-refractivity contribution is 0.202. The molecule has 1 aliphatic heterocycles. The van der Waals surface area contributed by atoms with Crippen LogP contribution in [0.3, 0.4) is 0 Å². The minimum atomic E-state index is 0.0388. The number of amides is 2. The molecule has 0 saturated carbocycles. The molecule has 1 aliphatic rings. The van der Waals surface area contributed by atoms with E-state index in [9.17, 15) is 4.79 Å². The van der Waals surface area contributed by atoms with Crippen LogP contribution in [0.4, 0.5) is 16.3 Å². The quantitative estimate of drug-likeness (QED) is 0.850. The van der Waals surface area contributed by atoms with Crippen molar-refractivity contribution in [3.8, 4) is 0 Å². The highest BCUT2D eigenvalue weighted by atomic mass is 16.2. The molecular formula is C20H27N5O. The van der Waals surface area contributed by atoms with Gasteiger partial charge in [0, 0.05) is 38.9 Å². The second kappa shape index (κ2) is 7.72. The molecule has 2 aromatic rings. The second-order valence-corrected chi connectivity index (χ2v) is 7.09. The van der Waals surface area contributed by atoms with Crippen LogP contribution >= 0.6 is 0 Å². The van der Waals surface area contributed by atoms with E-state index in [1.165, 1.54) is 5.56 Å². The smallest absolute Gasteiger partial charge is 0.324 e. The molecule has 6 nitrogen and oxygen atoms in total. The van der Waals surface area contributed by atoms with Gasteiger partial charge in [0.1, 0.15) is 0 Å². The first-order valence-corrected chi connectivity index (χ1v) is 9.13. The highest BCUT2D eigenvalue weighted by Crippen LogP contribution is 2.21. The number of anilines is 2. The van der Waals surface area contributed by atoms with Crippen LogP contribution in [-0.4, -0.2) is 54.4 Å². The maximum absolute atomic E-state index is 12.8. The number of urea groups is 1. The van der Waals surface area contributed by atoms with Crippen molar-refractivity contribution in [2.45, 2.75) is 26.7 Å². The molecule has 1 aromatic carbocycles. The Morgan fingerprint density at radius 1 is 1.00 bits per heavy atom. The lowest BCUT2D eigenvalue weighted by atomic mass is 10.0. The van der Waals surface area contributed by atoms with Gasteiger partial charge in [0.15, 0.2) is 5.82 Å². The number of rotatable bonds is 3. The minimum absolute atomic E-state index is 0.0388. The number of carbonyl (C=O) groups is 1. The van der Waals surface area contributed by atoms with E-state index in [1.54, 1.807) is 4.90 Å². The predicted octanol–water partition coefficient (Wildman–Crippen LogP) is 3.29. The van der Waals surface area contributed by atoms with Gasteiger partial charge in [-0.3, -0.25) is 4.90 Å². The Morgan fingerprint density at radius 2 is 1.65 bits per heavy atom. The van der Waals surface area contributed by atoms with E-state index in [0.29, 0.717) is 19.0 Å². The zero-order chi connectivity index (χ0) is 18.7. The molecule has 1 saturated heterocycles. The first-order chi connectivity index (χ1) is 12.5. The highest BCUT2D eigenvalue weighted by molar-refractivity contribution is 5.91. The summed E-state index contributed by atoms with van der Waals surface area (Å²) >= 11 is 0. The molecular weight excluding hydrogens is 326 g/mol.